The van der Waals surface area contributed by atoms with Crippen molar-refractivity contribution >= 4 is 17.8 Å². The van der Waals surface area contributed by atoms with Crippen LogP contribution in [0, 0.1) is 0 Å². The van der Waals surface area contributed by atoms with Crippen molar-refractivity contribution in [3.05, 3.63) is 30.3 Å². The molecule has 0 aliphatic heterocycles. The smallest absolute Gasteiger partial charge is 0.347 e. The fourth-order valence-corrected chi connectivity index (χ4v) is 1.20. The standard InChI is InChI=1S/C13H16N2O5/c1-9(20-11-6-4-3-5-7-11)13(18)19-8-12(17)15-14-10(2)16/h3-7,9H,8H2,1-2H3,(H,14,16)(H,15,17)/t9-/m0/s1. The number of esters is 1. The Morgan fingerprint density at radius 3 is 2.40 bits per heavy atom. The topological polar surface area (TPSA) is 93.7 Å². The van der Waals surface area contributed by atoms with E-state index >= 15 is 0 Å². The molecule has 2 N–H and O–H groups in total. The van der Waals surface area contributed by atoms with Gasteiger partial charge in [0.25, 0.3) is 5.91 Å². The van der Waals surface area contributed by atoms with E-state index in [0.29, 0.717) is 5.75 Å². The Kier molecular flexibility index (Phi) is 6.02. The molecule has 0 saturated heterocycles. The Morgan fingerprint density at radius 2 is 1.80 bits per heavy atom. The van der Waals surface area contributed by atoms with Crippen LogP contribution in [0.5, 0.6) is 5.75 Å². The van der Waals surface area contributed by atoms with Gasteiger partial charge in [0.05, 0.1) is 0 Å². The van der Waals surface area contributed by atoms with Gasteiger partial charge in [-0.25, -0.2) is 4.79 Å². The fourth-order valence-electron chi connectivity index (χ4n) is 1.20. The van der Waals surface area contributed by atoms with Crippen LogP contribution in [0.15, 0.2) is 30.3 Å². The highest BCUT2D eigenvalue weighted by atomic mass is 16.6. The van der Waals surface area contributed by atoms with Crippen molar-refractivity contribution in [2.24, 2.45) is 0 Å². The maximum Gasteiger partial charge on any atom is 0.347 e. The number of benzene rings is 1. The van der Waals surface area contributed by atoms with E-state index in [1.54, 1.807) is 24.3 Å². The summed E-state index contributed by atoms with van der Waals surface area (Å²) in [4.78, 5) is 33.3. The molecule has 1 aromatic carbocycles. The molecule has 7 nitrogen and oxygen atoms in total. The van der Waals surface area contributed by atoms with Gasteiger partial charge >= 0.3 is 5.97 Å². The van der Waals surface area contributed by atoms with Gasteiger partial charge in [-0.05, 0) is 19.1 Å². The summed E-state index contributed by atoms with van der Waals surface area (Å²) in [6.45, 7) is 2.25. The van der Waals surface area contributed by atoms with Gasteiger partial charge in [0, 0.05) is 6.92 Å². The highest BCUT2D eigenvalue weighted by Gasteiger charge is 2.17. The van der Waals surface area contributed by atoms with E-state index in [1.165, 1.54) is 13.8 Å². The van der Waals surface area contributed by atoms with Gasteiger partial charge in [0.2, 0.25) is 5.91 Å². The van der Waals surface area contributed by atoms with Crippen LogP contribution in [0.4, 0.5) is 0 Å². The minimum Gasteiger partial charge on any atom is -0.479 e. The second kappa shape index (κ2) is 7.78. The molecule has 0 heterocycles. The predicted octanol–water partition coefficient (Wildman–Crippen LogP) is 0.164. The van der Waals surface area contributed by atoms with E-state index in [4.69, 9.17) is 9.47 Å². The molecule has 0 radical (unpaired) electrons. The molecule has 1 atom stereocenters. The Balaban J connectivity index is 2.31. The van der Waals surface area contributed by atoms with E-state index < -0.39 is 30.5 Å². The largest absolute Gasteiger partial charge is 0.479 e. The fraction of sp³-hybridized carbons (Fsp3) is 0.308. The summed E-state index contributed by atoms with van der Waals surface area (Å²) >= 11 is 0. The average Bonchev–Trinajstić information content (AvgIpc) is 2.43. The van der Waals surface area contributed by atoms with Crippen LogP contribution in [0.3, 0.4) is 0 Å². The van der Waals surface area contributed by atoms with Gasteiger partial charge in [-0.3, -0.25) is 20.4 Å². The number of hydrogen-bond donors (Lipinski definition) is 2. The minimum absolute atomic E-state index is 0.426. The van der Waals surface area contributed by atoms with Crippen LogP contribution in [-0.2, 0) is 19.1 Å². The molecular formula is C13H16N2O5. The van der Waals surface area contributed by atoms with E-state index in [2.05, 4.69) is 10.9 Å². The second-order valence-corrected chi connectivity index (χ2v) is 3.91. The summed E-state index contributed by atoms with van der Waals surface area (Å²) in [5.74, 6) is -1.21. The zero-order valence-electron chi connectivity index (χ0n) is 11.2. The van der Waals surface area contributed by atoms with Gasteiger partial charge in [-0.1, -0.05) is 18.2 Å². The quantitative estimate of drug-likeness (QED) is 0.592. The van der Waals surface area contributed by atoms with Gasteiger partial charge < -0.3 is 9.47 Å². The highest BCUT2D eigenvalue weighted by molar-refractivity contribution is 5.84. The number of carbonyl (C=O) groups is 3. The van der Waals surface area contributed by atoms with E-state index in [9.17, 15) is 14.4 Å². The number of hydrogen-bond acceptors (Lipinski definition) is 5. The second-order valence-electron chi connectivity index (χ2n) is 3.91. The number of rotatable bonds is 5. The Hall–Kier alpha value is -2.57. The van der Waals surface area contributed by atoms with Crippen LogP contribution in [0.2, 0.25) is 0 Å². The summed E-state index contributed by atoms with van der Waals surface area (Å²) in [6.07, 6.45) is -0.842. The molecule has 0 unspecified atom stereocenters. The number of nitrogens with one attached hydrogen (secondary N) is 2. The minimum atomic E-state index is -0.842. The summed E-state index contributed by atoms with van der Waals surface area (Å²) in [6, 6.07) is 8.77. The van der Waals surface area contributed by atoms with Crippen molar-refractivity contribution in [3.63, 3.8) is 0 Å². The van der Waals surface area contributed by atoms with Crippen molar-refractivity contribution in [1.29, 1.82) is 0 Å². The lowest BCUT2D eigenvalue weighted by Crippen LogP contribution is -2.43. The number of carbonyl (C=O) groups excluding carboxylic acids is 3. The lowest BCUT2D eigenvalue weighted by Gasteiger charge is -2.13. The van der Waals surface area contributed by atoms with E-state index in [0.717, 1.165) is 0 Å². The summed E-state index contributed by atoms with van der Waals surface area (Å²) < 4.78 is 10.1. The van der Waals surface area contributed by atoms with E-state index in [-0.39, 0.29) is 0 Å². The first-order valence-corrected chi connectivity index (χ1v) is 5.93. The molecule has 7 heteroatoms. The average molecular weight is 280 g/mol. The predicted molar refractivity (Wildman–Crippen MR) is 69.5 cm³/mol. The Labute approximate surface area is 116 Å². The Bertz CT molecular complexity index is 475. The number of para-hydroxylation sites is 1. The molecule has 0 spiro atoms. The van der Waals surface area contributed by atoms with Crippen LogP contribution >= 0.6 is 0 Å². The van der Waals surface area contributed by atoms with Gasteiger partial charge in [-0.2, -0.15) is 0 Å². The van der Waals surface area contributed by atoms with Crippen molar-refractivity contribution in [2.75, 3.05) is 6.61 Å². The summed E-state index contributed by atoms with van der Waals surface area (Å²) in [5, 5.41) is 0. The third-order valence-electron chi connectivity index (χ3n) is 2.11. The molecule has 0 bridgehead atoms. The lowest BCUT2D eigenvalue weighted by atomic mass is 10.3. The monoisotopic (exact) mass is 280 g/mol. The Morgan fingerprint density at radius 1 is 1.15 bits per heavy atom. The lowest BCUT2D eigenvalue weighted by molar-refractivity contribution is -0.155. The number of hydrazine groups is 1. The third kappa shape index (κ3) is 5.85. The van der Waals surface area contributed by atoms with E-state index in [1.807, 2.05) is 6.07 Å². The van der Waals surface area contributed by atoms with Crippen molar-refractivity contribution in [1.82, 2.24) is 10.9 Å². The summed E-state index contributed by atoms with van der Waals surface area (Å²) in [5.41, 5.74) is 4.15. The van der Waals surface area contributed by atoms with Crippen molar-refractivity contribution in [2.45, 2.75) is 20.0 Å². The molecule has 0 aliphatic rings. The maximum atomic E-state index is 11.6. The zero-order valence-corrected chi connectivity index (χ0v) is 11.2. The molecule has 20 heavy (non-hydrogen) atoms. The van der Waals surface area contributed by atoms with Crippen molar-refractivity contribution < 1.29 is 23.9 Å². The summed E-state index contributed by atoms with van der Waals surface area (Å²) in [7, 11) is 0. The molecule has 0 aromatic heterocycles. The number of amides is 2. The SMILES string of the molecule is CC(=O)NNC(=O)COC(=O)[C@H](C)Oc1ccccc1. The van der Waals surface area contributed by atoms with Gasteiger partial charge in [-0.15, -0.1) is 0 Å². The maximum absolute atomic E-state index is 11.6. The molecule has 0 fully saturated rings. The van der Waals surface area contributed by atoms with Gasteiger partial charge in [0.15, 0.2) is 12.7 Å². The highest BCUT2D eigenvalue weighted by Crippen LogP contribution is 2.11. The van der Waals surface area contributed by atoms with Crippen molar-refractivity contribution in [3.8, 4) is 5.75 Å². The van der Waals surface area contributed by atoms with Crippen LogP contribution in [-0.4, -0.2) is 30.5 Å². The first kappa shape index (κ1) is 15.5. The normalized spacial score (nSPS) is 11.1. The van der Waals surface area contributed by atoms with Crippen LogP contribution in [0.1, 0.15) is 13.8 Å². The number of ether oxygens (including phenoxy) is 2. The zero-order chi connectivity index (χ0) is 15.0. The molecule has 0 aliphatic carbocycles. The molecular weight excluding hydrogens is 264 g/mol. The van der Waals surface area contributed by atoms with Crippen LogP contribution in [0.25, 0.3) is 0 Å². The van der Waals surface area contributed by atoms with Crippen LogP contribution < -0.4 is 15.6 Å². The molecule has 0 saturated carbocycles. The molecule has 2 amide bonds. The first-order chi connectivity index (χ1) is 9.49. The first-order valence-electron chi connectivity index (χ1n) is 5.93. The molecule has 108 valence electrons. The van der Waals surface area contributed by atoms with Gasteiger partial charge in [0.1, 0.15) is 5.75 Å². The third-order valence-corrected chi connectivity index (χ3v) is 2.11. The molecule has 1 aromatic rings. The molecule has 1 rings (SSSR count).